The molecule has 0 aromatic heterocycles. The van der Waals surface area contributed by atoms with Gasteiger partial charge < -0.3 is 9.47 Å². The van der Waals surface area contributed by atoms with Crippen molar-refractivity contribution in [1.82, 2.24) is 0 Å². The van der Waals surface area contributed by atoms with E-state index in [-0.39, 0.29) is 5.97 Å². The van der Waals surface area contributed by atoms with Gasteiger partial charge in [0.1, 0.15) is 11.3 Å². The van der Waals surface area contributed by atoms with Crippen molar-refractivity contribution in [2.75, 3.05) is 13.7 Å². The fraction of sp³-hybridized carbons (Fsp3) is 0.357. The zero-order valence-electron chi connectivity index (χ0n) is 10.3. The van der Waals surface area contributed by atoms with Crippen LogP contribution in [0.2, 0.25) is 0 Å². The van der Waals surface area contributed by atoms with Crippen molar-refractivity contribution in [3.63, 3.8) is 0 Å². The summed E-state index contributed by atoms with van der Waals surface area (Å²) in [7, 11) is 1.54. The van der Waals surface area contributed by atoms with E-state index in [2.05, 4.69) is 13.0 Å². The average molecular weight is 234 g/mol. The Morgan fingerprint density at radius 1 is 1.29 bits per heavy atom. The molecule has 0 aliphatic carbocycles. The molecule has 92 valence electrons. The molecular formula is C14H18O3. The van der Waals surface area contributed by atoms with Crippen LogP contribution in [0, 0.1) is 0 Å². The molecule has 0 saturated heterocycles. The number of benzene rings is 1. The Labute approximate surface area is 102 Å². The Morgan fingerprint density at radius 3 is 2.76 bits per heavy atom. The van der Waals surface area contributed by atoms with Crippen LogP contribution < -0.4 is 4.74 Å². The normalized spacial score (nSPS) is 10.5. The predicted octanol–water partition coefficient (Wildman–Crippen LogP) is 3.21. The third-order valence-corrected chi connectivity index (χ3v) is 2.25. The lowest BCUT2D eigenvalue weighted by molar-refractivity contribution is 0.0508. The third-order valence-electron chi connectivity index (χ3n) is 2.25. The van der Waals surface area contributed by atoms with Crippen molar-refractivity contribution in [3.05, 3.63) is 42.0 Å². The van der Waals surface area contributed by atoms with Gasteiger partial charge in [0.2, 0.25) is 0 Å². The minimum absolute atomic E-state index is 0.340. The molecule has 1 aromatic carbocycles. The summed E-state index contributed by atoms with van der Waals surface area (Å²) in [5.41, 5.74) is 0.467. The molecule has 1 rings (SSSR count). The van der Waals surface area contributed by atoms with E-state index in [9.17, 15) is 4.79 Å². The Morgan fingerprint density at radius 2 is 2.06 bits per heavy atom. The average Bonchev–Trinajstić information content (AvgIpc) is 2.38. The number of rotatable bonds is 6. The fourth-order valence-electron chi connectivity index (χ4n) is 1.40. The Kier molecular flexibility index (Phi) is 5.86. The molecule has 0 saturated carbocycles. The Balaban J connectivity index is 2.49. The van der Waals surface area contributed by atoms with Gasteiger partial charge in [-0.25, -0.2) is 4.79 Å². The minimum Gasteiger partial charge on any atom is -0.496 e. The third kappa shape index (κ3) is 4.31. The van der Waals surface area contributed by atoms with Crippen molar-refractivity contribution >= 4 is 5.97 Å². The van der Waals surface area contributed by atoms with Crippen LogP contribution in [0.15, 0.2) is 36.4 Å². The van der Waals surface area contributed by atoms with Gasteiger partial charge in [-0.2, -0.15) is 0 Å². The van der Waals surface area contributed by atoms with Gasteiger partial charge in [-0.1, -0.05) is 31.2 Å². The predicted molar refractivity (Wildman–Crippen MR) is 67.3 cm³/mol. The van der Waals surface area contributed by atoms with Crippen LogP contribution in [0.5, 0.6) is 5.75 Å². The highest BCUT2D eigenvalue weighted by Crippen LogP contribution is 2.18. The molecule has 0 atom stereocenters. The second-order valence-corrected chi connectivity index (χ2v) is 3.50. The largest absolute Gasteiger partial charge is 0.496 e. The summed E-state index contributed by atoms with van der Waals surface area (Å²) in [6.45, 7) is 2.46. The molecule has 0 heterocycles. The fourth-order valence-corrected chi connectivity index (χ4v) is 1.40. The number of hydrogen-bond donors (Lipinski definition) is 0. The van der Waals surface area contributed by atoms with Crippen LogP contribution >= 0.6 is 0 Å². The SMILES string of the molecule is CC/C=C\CCOC(=O)c1ccccc1OC. The Bertz CT molecular complexity index is 383. The van der Waals surface area contributed by atoms with Gasteiger partial charge >= 0.3 is 5.97 Å². The van der Waals surface area contributed by atoms with E-state index >= 15 is 0 Å². The first-order valence-corrected chi connectivity index (χ1v) is 5.74. The van der Waals surface area contributed by atoms with Crippen molar-refractivity contribution in [2.24, 2.45) is 0 Å². The molecule has 0 amide bonds. The van der Waals surface area contributed by atoms with Crippen LogP contribution in [0.4, 0.5) is 0 Å². The molecule has 0 unspecified atom stereocenters. The van der Waals surface area contributed by atoms with E-state index in [0.717, 1.165) is 12.8 Å². The minimum atomic E-state index is -0.340. The lowest BCUT2D eigenvalue weighted by Gasteiger charge is -2.07. The number of methoxy groups -OCH3 is 1. The second-order valence-electron chi connectivity index (χ2n) is 3.50. The van der Waals surface area contributed by atoms with E-state index < -0.39 is 0 Å². The van der Waals surface area contributed by atoms with Crippen LogP contribution in [0.1, 0.15) is 30.1 Å². The highest BCUT2D eigenvalue weighted by atomic mass is 16.5. The molecule has 0 N–H and O–H groups in total. The molecule has 0 bridgehead atoms. The number of hydrogen-bond acceptors (Lipinski definition) is 3. The second kappa shape index (κ2) is 7.49. The van der Waals surface area contributed by atoms with Crippen LogP contribution in [-0.4, -0.2) is 19.7 Å². The van der Waals surface area contributed by atoms with E-state index in [1.165, 1.54) is 7.11 Å². The maximum Gasteiger partial charge on any atom is 0.341 e. The first-order valence-electron chi connectivity index (χ1n) is 5.74. The molecule has 0 radical (unpaired) electrons. The summed E-state index contributed by atoms with van der Waals surface area (Å²) in [5.74, 6) is 0.203. The maximum absolute atomic E-state index is 11.7. The van der Waals surface area contributed by atoms with E-state index in [4.69, 9.17) is 9.47 Å². The summed E-state index contributed by atoms with van der Waals surface area (Å²) >= 11 is 0. The summed E-state index contributed by atoms with van der Waals surface area (Å²) in [6, 6.07) is 7.05. The van der Waals surface area contributed by atoms with Gasteiger partial charge in [0.15, 0.2) is 0 Å². The molecule has 0 spiro atoms. The van der Waals surface area contributed by atoms with Gasteiger partial charge in [0.05, 0.1) is 13.7 Å². The van der Waals surface area contributed by atoms with Crippen molar-refractivity contribution in [2.45, 2.75) is 19.8 Å². The standard InChI is InChI=1S/C14H18O3/c1-3-4-5-8-11-17-14(15)12-9-6-7-10-13(12)16-2/h4-7,9-10H,3,8,11H2,1-2H3/b5-4-. The van der Waals surface area contributed by atoms with E-state index in [1.54, 1.807) is 18.2 Å². The Hall–Kier alpha value is -1.77. The number of ether oxygens (including phenoxy) is 2. The summed E-state index contributed by atoms with van der Waals surface area (Å²) in [4.78, 5) is 11.7. The molecule has 1 aromatic rings. The lowest BCUT2D eigenvalue weighted by Crippen LogP contribution is -2.07. The van der Waals surface area contributed by atoms with Gasteiger partial charge in [-0.15, -0.1) is 0 Å². The van der Waals surface area contributed by atoms with Crippen LogP contribution in [0.25, 0.3) is 0 Å². The summed E-state index contributed by atoms with van der Waals surface area (Å²) < 4.78 is 10.2. The highest BCUT2D eigenvalue weighted by Gasteiger charge is 2.11. The van der Waals surface area contributed by atoms with Crippen molar-refractivity contribution in [3.8, 4) is 5.75 Å². The molecule has 17 heavy (non-hydrogen) atoms. The van der Waals surface area contributed by atoms with Crippen molar-refractivity contribution in [1.29, 1.82) is 0 Å². The number of carbonyl (C=O) groups is 1. The quantitative estimate of drug-likeness (QED) is 0.431. The van der Waals surface area contributed by atoms with Gasteiger partial charge in [-0.05, 0) is 25.0 Å². The smallest absolute Gasteiger partial charge is 0.341 e. The van der Waals surface area contributed by atoms with E-state index in [0.29, 0.717) is 17.9 Å². The highest BCUT2D eigenvalue weighted by molar-refractivity contribution is 5.92. The number of para-hydroxylation sites is 1. The molecule has 0 aliphatic heterocycles. The zero-order valence-corrected chi connectivity index (χ0v) is 10.3. The monoisotopic (exact) mass is 234 g/mol. The molecule has 3 nitrogen and oxygen atoms in total. The molecule has 3 heteroatoms. The lowest BCUT2D eigenvalue weighted by atomic mass is 10.2. The van der Waals surface area contributed by atoms with Gasteiger partial charge in [0.25, 0.3) is 0 Å². The number of allylic oxidation sites excluding steroid dienone is 1. The molecular weight excluding hydrogens is 216 g/mol. The first kappa shape index (κ1) is 13.3. The van der Waals surface area contributed by atoms with Crippen molar-refractivity contribution < 1.29 is 14.3 Å². The summed E-state index contributed by atoms with van der Waals surface area (Å²) in [6.07, 6.45) is 5.81. The first-order chi connectivity index (χ1) is 8.29. The van der Waals surface area contributed by atoms with Gasteiger partial charge in [-0.3, -0.25) is 0 Å². The van der Waals surface area contributed by atoms with E-state index in [1.807, 2.05) is 12.1 Å². The zero-order chi connectivity index (χ0) is 12.5. The van der Waals surface area contributed by atoms with Crippen LogP contribution in [0.3, 0.4) is 0 Å². The van der Waals surface area contributed by atoms with Gasteiger partial charge in [0, 0.05) is 0 Å². The molecule has 0 aliphatic rings. The summed E-state index contributed by atoms with van der Waals surface area (Å²) in [5, 5.41) is 0. The van der Waals surface area contributed by atoms with Crippen LogP contribution in [-0.2, 0) is 4.74 Å². The topological polar surface area (TPSA) is 35.5 Å². The number of carbonyl (C=O) groups excluding carboxylic acids is 1. The number of esters is 1. The maximum atomic E-state index is 11.7. The molecule has 0 fully saturated rings.